The summed E-state index contributed by atoms with van der Waals surface area (Å²) in [7, 11) is 1.51. The van der Waals surface area contributed by atoms with Crippen molar-refractivity contribution < 1.29 is 36.9 Å². The molecule has 0 heterocycles. The third kappa shape index (κ3) is 5.31. The molecule has 7 nitrogen and oxygen atoms in total. The van der Waals surface area contributed by atoms with E-state index in [9.17, 15) is 18.0 Å². The highest BCUT2D eigenvalue weighted by molar-refractivity contribution is 5.93. The molecule has 0 amide bonds. The zero-order valence-corrected chi connectivity index (χ0v) is 16.6. The first kappa shape index (κ1) is 23.7. The molecule has 31 heavy (non-hydrogen) atoms. The van der Waals surface area contributed by atoms with E-state index in [0.717, 1.165) is 0 Å². The Balaban J connectivity index is 2.34. The molecular weight excluding hydrogens is 417 g/mol. The number of esters is 1. The molecule has 0 atom stereocenters. The first-order chi connectivity index (χ1) is 14.9. The van der Waals surface area contributed by atoms with E-state index >= 15 is 0 Å². The predicted molar refractivity (Wildman–Crippen MR) is 100.0 cm³/mol. The van der Waals surface area contributed by atoms with Crippen molar-refractivity contribution in [2.45, 2.75) is 6.92 Å². The molecule has 10 heteroatoms. The van der Waals surface area contributed by atoms with E-state index in [4.69, 9.17) is 29.5 Å². The lowest BCUT2D eigenvalue weighted by Crippen LogP contribution is -2.14. The van der Waals surface area contributed by atoms with E-state index in [-0.39, 0.29) is 30.1 Å². The van der Waals surface area contributed by atoms with Gasteiger partial charge in [0.25, 0.3) is 0 Å². The summed E-state index contributed by atoms with van der Waals surface area (Å²) < 4.78 is 63.4. The molecule has 0 aromatic heterocycles. The molecule has 0 spiro atoms. The Kier molecular flexibility index (Phi) is 8.38. The Morgan fingerprint density at radius 1 is 0.935 bits per heavy atom. The average Bonchev–Trinajstić information content (AvgIpc) is 2.76. The van der Waals surface area contributed by atoms with Crippen molar-refractivity contribution in [1.82, 2.24) is 0 Å². The number of aryl methyl sites for hydroxylation is 1. The van der Waals surface area contributed by atoms with E-state index in [1.54, 1.807) is 0 Å². The van der Waals surface area contributed by atoms with E-state index in [2.05, 4.69) is 0 Å². The van der Waals surface area contributed by atoms with Crippen LogP contribution in [0.2, 0.25) is 0 Å². The van der Waals surface area contributed by atoms with Crippen LogP contribution in [0, 0.1) is 47.0 Å². The highest BCUT2D eigenvalue weighted by Gasteiger charge is 2.28. The molecule has 0 unspecified atom stereocenters. The molecule has 0 saturated carbocycles. The van der Waals surface area contributed by atoms with Crippen LogP contribution >= 0.6 is 0 Å². The molecule has 0 aliphatic carbocycles. The number of rotatable bonds is 9. The molecule has 0 radical (unpaired) electrons. The number of carbonyl (C=O) groups is 1. The van der Waals surface area contributed by atoms with Gasteiger partial charge < -0.3 is 18.9 Å². The molecule has 0 aliphatic heterocycles. The van der Waals surface area contributed by atoms with Gasteiger partial charge in [0, 0.05) is 7.11 Å². The maximum Gasteiger partial charge on any atom is 0.342 e. The minimum atomic E-state index is -1.80. The summed E-state index contributed by atoms with van der Waals surface area (Å²) in [5, 5.41) is 17.9. The van der Waals surface area contributed by atoms with Crippen LogP contribution in [0.1, 0.15) is 27.0 Å². The summed E-state index contributed by atoms with van der Waals surface area (Å²) in [4.78, 5) is 12.4. The van der Waals surface area contributed by atoms with E-state index in [1.165, 1.54) is 44.4 Å². The van der Waals surface area contributed by atoms with Crippen molar-refractivity contribution in [3.63, 3.8) is 0 Å². The van der Waals surface area contributed by atoms with Crippen molar-refractivity contribution >= 4 is 5.97 Å². The molecule has 0 N–H and O–H groups in total. The lowest BCUT2D eigenvalue weighted by atomic mass is 10.1. The second kappa shape index (κ2) is 11.0. The quantitative estimate of drug-likeness (QED) is 0.336. The topological polar surface area (TPSA) is 102 Å². The summed E-state index contributed by atoms with van der Waals surface area (Å²) in [6.07, 6.45) is 0. The van der Waals surface area contributed by atoms with Crippen molar-refractivity contribution in [3.05, 3.63) is 57.9 Å². The van der Waals surface area contributed by atoms with Gasteiger partial charge in [-0.15, -0.1) is 0 Å². The van der Waals surface area contributed by atoms with Crippen molar-refractivity contribution in [2.75, 3.05) is 33.5 Å². The number of carbonyl (C=O) groups excluding carboxylic acids is 1. The summed E-state index contributed by atoms with van der Waals surface area (Å²) in [6, 6.07) is 6.82. The lowest BCUT2D eigenvalue weighted by molar-refractivity contribution is 0.0212. The number of halogens is 3. The van der Waals surface area contributed by atoms with Crippen LogP contribution in [0.5, 0.6) is 11.5 Å². The summed E-state index contributed by atoms with van der Waals surface area (Å²) in [5.41, 5.74) is -1.99. The summed E-state index contributed by atoms with van der Waals surface area (Å²) in [5.74, 6) is -7.52. The van der Waals surface area contributed by atoms with Gasteiger partial charge in [0.1, 0.15) is 41.2 Å². The number of hydrogen-bond acceptors (Lipinski definition) is 7. The maximum atomic E-state index is 14.6. The standard InChI is InChI=1S/C21H17F3N2O5/c1-12-4-3-5-13(21(27)30-9-8-29-7-6-28-2)19(12)31-20-17(23)15(11-26)14(10-25)16(22)18(20)24/h3-5H,6-9H2,1-2H3. The number of nitrogens with zero attached hydrogens (tertiary/aromatic N) is 2. The molecule has 162 valence electrons. The minimum Gasteiger partial charge on any atom is -0.460 e. The normalized spacial score (nSPS) is 10.3. The zero-order chi connectivity index (χ0) is 23.0. The molecule has 0 aliphatic rings. The highest BCUT2D eigenvalue weighted by Crippen LogP contribution is 2.36. The molecule has 2 aromatic carbocycles. The Labute approximate surface area is 176 Å². The van der Waals surface area contributed by atoms with Gasteiger partial charge in [-0.1, -0.05) is 12.1 Å². The van der Waals surface area contributed by atoms with E-state index in [0.29, 0.717) is 13.2 Å². The van der Waals surface area contributed by atoms with E-state index < -0.39 is 40.3 Å². The van der Waals surface area contributed by atoms with Gasteiger partial charge >= 0.3 is 5.97 Å². The average molecular weight is 434 g/mol. The molecule has 2 aromatic rings. The molecular formula is C21H17F3N2O5. The second-order valence-electron chi connectivity index (χ2n) is 6.04. The third-order valence-electron chi connectivity index (χ3n) is 4.03. The SMILES string of the molecule is COCCOCCOC(=O)c1cccc(C)c1Oc1c(F)c(F)c(C#N)c(C#N)c1F. The van der Waals surface area contributed by atoms with Gasteiger partial charge in [-0.05, 0) is 18.6 Å². The highest BCUT2D eigenvalue weighted by atomic mass is 19.2. The number of para-hydroxylation sites is 1. The van der Waals surface area contributed by atoms with Gasteiger partial charge in [0.2, 0.25) is 11.6 Å². The first-order valence-electron chi connectivity index (χ1n) is 8.89. The number of benzene rings is 2. The van der Waals surface area contributed by atoms with Gasteiger partial charge in [-0.2, -0.15) is 14.9 Å². The fraction of sp³-hybridized carbons (Fsp3) is 0.286. The van der Waals surface area contributed by atoms with Gasteiger partial charge in [0.05, 0.1) is 19.8 Å². The number of nitriles is 2. The third-order valence-corrected chi connectivity index (χ3v) is 4.03. The van der Waals surface area contributed by atoms with Crippen LogP contribution < -0.4 is 4.74 Å². The zero-order valence-electron chi connectivity index (χ0n) is 16.6. The summed E-state index contributed by atoms with van der Waals surface area (Å²) >= 11 is 0. The minimum absolute atomic E-state index is 0.0900. The second-order valence-corrected chi connectivity index (χ2v) is 6.04. The van der Waals surface area contributed by atoms with Crippen molar-refractivity contribution in [3.8, 4) is 23.6 Å². The maximum absolute atomic E-state index is 14.6. The predicted octanol–water partition coefficient (Wildman–Crippen LogP) is 3.77. The smallest absolute Gasteiger partial charge is 0.342 e. The van der Waals surface area contributed by atoms with Crippen molar-refractivity contribution in [1.29, 1.82) is 10.5 Å². The van der Waals surface area contributed by atoms with Crippen LogP contribution in [0.4, 0.5) is 13.2 Å². The fourth-order valence-electron chi connectivity index (χ4n) is 2.50. The molecule has 0 bridgehead atoms. The van der Waals surface area contributed by atoms with Gasteiger partial charge in [-0.25, -0.2) is 13.6 Å². The Morgan fingerprint density at radius 3 is 2.23 bits per heavy atom. The monoisotopic (exact) mass is 434 g/mol. The number of hydrogen-bond donors (Lipinski definition) is 0. The van der Waals surface area contributed by atoms with Crippen LogP contribution in [0.15, 0.2) is 18.2 Å². The van der Waals surface area contributed by atoms with Gasteiger partial charge in [-0.3, -0.25) is 0 Å². The molecule has 0 fully saturated rings. The summed E-state index contributed by atoms with van der Waals surface area (Å²) in [6.45, 7) is 2.14. The fourth-order valence-corrected chi connectivity index (χ4v) is 2.50. The van der Waals surface area contributed by atoms with Crippen LogP contribution in [0.25, 0.3) is 0 Å². The largest absolute Gasteiger partial charge is 0.460 e. The number of methoxy groups -OCH3 is 1. The number of ether oxygens (including phenoxy) is 4. The van der Waals surface area contributed by atoms with Crippen LogP contribution in [0.3, 0.4) is 0 Å². The van der Waals surface area contributed by atoms with Crippen LogP contribution in [-0.4, -0.2) is 39.5 Å². The first-order valence-corrected chi connectivity index (χ1v) is 8.89. The van der Waals surface area contributed by atoms with Gasteiger partial charge in [0.15, 0.2) is 11.6 Å². The Bertz CT molecular complexity index is 1060. The molecule has 0 saturated heterocycles. The Morgan fingerprint density at radius 2 is 1.58 bits per heavy atom. The van der Waals surface area contributed by atoms with E-state index in [1.807, 2.05) is 0 Å². The molecule has 2 rings (SSSR count). The van der Waals surface area contributed by atoms with Crippen molar-refractivity contribution in [2.24, 2.45) is 0 Å². The Hall–Kier alpha value is -3.60. The lowest BCUT2D eigenvalue weighted by Gasteiger charge is -2.15. The van der Waals surface area contributed by atoms with Crippen LogP contribution in [-0.2, 0) is 14.2 Å².